The van der Waals surface area contributed by atoms with Crippen molar-refractivity contribution in [3.63, 3.8) is 0 Å². The molecular weight excluding hydrogens is 396 g/mol. The van der Waals surface area contributed by atoms with Gasteiger partial charge in [-0.25, -0.2) is 0 Å². The monoisotopic (exact) mass is 418 g/mol. The molecule has 0 radical (unpaired) electrons. The molecule has 4 rings (SSSR count). The van der Waals surface area contributed by atoms with Crippen molar-refractivity contribution in [3.8, 4) is 11.4 Å². The van der Waals surface area contributed by atoms with Crippen molar-refractivity contribution in [1.29, 1.82) is 0 Å². The maximum absolute atomic E-state index is 11.3. The van der Waals surface area contributed by atoms with Crippen LogP contribution < -0.4 is 10.5 Å². The van der Waals surface area contributed by atoms with Crippen LogP contribution in [0.5, 0.6) is 5.75 Å². The van der Waals surface area contributed by atoms with Crippen molar-refractivity contribution >= 4 is 28.4 Å². The zero-order chi connectivity index (χ0) is 21.1. The third kappa shape index (κ3) is 4.16. The molecule has 152 valence electrons. The Hall–Kier alpha value is -3.32. The van der Waals surface area contributed by atoms with Gasteiger partial charge in [-0.1, -0.05) is 60.3 Å². The average Bonchev–Trinajstić information content (AvgIpc) is 3.15. The minimum atomic E-state index is -0.399. The number of hydrogen-bond donors (Lipinski definition) is 1. The first-order valence-corrected chi connectivity index (χ1v) is 10.5. The molecule has 1 amide bonds. The minimum Gasteiger partial charge on any atom is -0.485 e. The molecule has 0 spiro atoms. The molecule has 0 aliphatic heterocycles. The van der Waals surface area contributed by atoms with Gasteiger partial charge in [-0.2, -0.15) is 0 Å². The summed E-state index contributed by atoms with van der Waals surface area (Å²) in [7, 11) is 0. The number of benzene rings is 3. The fourth-order valence-corrected chi connectivity index (χ4v) is 3.99. The second kappa shape index (κ2) is 8.59. The quantitative estimate of drug-likeness (QED) is 0.455. The van der Waals surface area contributed by atoms with Gasteiger partial charge in [-0.05, 0) is 42.5 Å². The Morgan fingerprint density at radius 3 is 2.70 bits per heavy atom. The summed E-state index contributed by atoms with van der Waals surface area (Å²) in [6.45, 7) is 4.31. The lowest BCUT2D eigenvalue weighted by atomic mass is 10.1. The molecule has 4 aromatic rings. The average molecular weight is 419 g/mol. The number of primary amides is 1. The Morgan fingerprint density at radius 2 is 1.87 bits per heavy atom. The summed E-state index contributed by atoms with van der Waals surface area (Å²) in [4.78, 5) is 11.3. The van der Waals surface area contributed by atoms with Crippen LogP contribution >= 0.6 is 11.8 Å². The van der Waals surface area contributed by atoms with E-state index in [0.29, 0.717) is 11.0 Å². The highest BCUT2D eigenvalue weighted by Gasteiger charge is 2.18. The Morgan fingerprint density at radius 1 is 1.07 bits per heavy atom. The van der Waals surface area contributed by atoms with Crippen molar-refractivity contribution < 1.29 is 9.53 Å². The normalized spacial score (nSPS) is 11.0. The molecule has 0 saturated heterocycles. The first-order valence-electron chi connectivity index (χ1n) is 9.56. The lowest BCUT2D eigenvalue weighted by Gasteiger charge is -2.14. The molecule has 0 saturated carbocycles. The first-order chi connectivity index (χ1) is 14.5. The van der Waals surface area contributed by atoms with Gasteiger partial charge in [0.1, 0.15) is 12.4 Å². The Kier molecular flexibility index (Phi) is 5.72. The number of aryl methyl sites for hydroxylation is 2. The van der Waals surface area contributed by atoms with Crippen molar-refractivity contribution in [2.45, 2.75) is 25.6 Å². The van der Waals surface area contributed by atoms with E-state index < -0.39 is 5.91 Å². The van der Waals surface area contributed by atoms with Gasteiger partial charge in [-0.3, -0.25) is 9.36 Å². The highest BCUT2D eigenvalue weighted by molar-refractivity contribution is 7.99. The first kappa shape index (κ1) is 20.0. The van der Waals surface area contributed by atoms with Gasteiger partial charge in [0.25, 0.3) is 0 Å². The zero-order valence-electron chi connectivity index (χ0n) is 16.8. The second-order valence-electron chi connectivity index (χ2n) is 7.05. The van der Waals surface area contributed by atoms with Crippen molar-refractivity contribution in [3.05, 3.63) is 77.6 Å². The lowest BCUT2D eigenvalue weighted by molar-refractivity contribution is -0.115. The topological polar surface area (TPSA) is 83.0 Å². The standard InChI is InChI=1S/C23H22N4O2S/c1-15-10-11-16(2)19(12-15)27-22(25-26-23(27)30-14-21(24)28)13-29-20-9-5-7-17-6-3-4-8-18(17)20/h3-12H,13-14H2,1-2H3,(H2,24,28). The Bertz CT molecular complexity index is 1210. The maximum atomic E-state index is 11.3. The highest BCUT2D eigenvalue weighted by atomic mass is 32.2. The van der Waals surface area contributed by atoms with Crippen LogP contribution in [0.3, 0.4) is 0 Å². The molecule has 2 N–H and O–H groups in total. The highest BCUT2D eigenvalue weighted by Crippen LogP contribution is 2.28. The molecule has 0 unspecified atom stereocenters. The number of carbonyl (C=O) groups excluding carboxylic acids is 1. The van der Waals surface area contributed by atoms with Gasteiger partial charge in [0.2, 0.25) is 5.91 Å². The van der Waals surface area contributed by atoms with E-state index >= 15 is 0 Å². The molecule has 0 bridgehead atoms. The van der Waals surface area contributed by atoms with Gasteiger partial charge in [0.05, 0.1) is 11.4 Å². The summed E-state index contributed by atoms with van der Waals surface area (Å²) in [6.07, 6.45) is 0. The number of ether oxygens (including phenoxy) is 1. The van der Waals surface area contributed by atoms with Gasteiger partial charge in [0, 0.05) is 5.39 Å². The van der Waals surface area contributed by atoms with Crippen molar-refractivity contribution in [1.82, 2.24) is 14.8 Å². The van der Waals surface area contributed by atoms with E-state index in [1.165, 1.54) is 11.8 Å². The summed E-state index contributed by atoms with van der Waals surface area (Å²) >= 11 is 1.27. The van der Waals surface area contributed by atoms with E-state index in [1.807, 2.05) is 48.7 Å². The molecule has 0 fully saturated rings. The molecule has 30 heavy (non-hydrogen) atoms. The summed E-state index contributed by atoms with van der Waals surface area (Å²) < 4.78 is 8.10. The summed E-state index contributed by atoms with van der Waals surface area (Å²) in [5.41, 5.74) is 8.50. The van der Waals surface area contributed by atoms with E-state index in [0.717, 1.165) is 33.3 Å². The summed E-state index contributed by atoms with van der Waals surface area (Å²) in [6, 6.07) is 20.3. The van der Waals surface area contributed by atoms with Crippen LogP contribution in [0.1, 0.15) is 17.0 Å². The van der Waals surface area contributed by atoms with Gasteiger partial charge in [0.15, 0.2) is 11.0 Å². The zero-order valence-corrected chi connectivity index (χ0v) is 17.6. The third-order valence-corrected chi connectivity index (χ3v) is 5.71. The molecule has 0 atom stereocenters. The number of aromatic nitrogens is 3. The van der Waals surface area contributed by atoms with Crippen LogP contribution in [-0.2, 0) is 11.4 Å². The fourth-order valence-electron chi connectivity index (χ4n) is 3.29. The van der Waals surface area contributed by atoms with E-state index in [-0.39, 0.29) is 12.4 Å². The van der Waals surface area contributed by atoms with Gasteiger partial charge in [-0.15, -0.1) is 10.2 Å². The largest absolute Gasteiger partial charge is 0.485 e. The third-order valence-electron chi connectivity index (χ3n) is 4.76. The summed E-state index contributed by atoms with van der Waals surface area (Å²) in [5, 5.41) is 11.4. The molecule has 0 aliphatic rings. The smallest absolute Gasteiger partial charge is 0.227 e. The number of hydrogen-bond acceptors (Lipinski definition) is 5. The van der Waals surface area contributed by atoms with Crippen LogP contribution in [0, 0.1) is 13.8 Å². The lowest BCUT2D eigenvalue weighted by Crippen LogP contribution is -2.14. The van der Waals surface area contributed by atoms with Gasteiger partial charge < -0.3 is 10.5 Å². The Balaban J connectivity index is 1.70. The fraction of sp³-hybridized carbons (Fsp3) is 0.174. The predicted molar refractivity (Wildman–Crippen MR) is 119 cm³/mol. The SMILES string of the molecule is Cc1ccc(C)c(-n2c(COc3cccc4ccccc34)nnc2SCC(N)=O)c1. The van der Waals surface area contributed by atoms with E-state index in [2.05, 4.69) is 40.5 Å². The number of fused-ring (bicyclic) bond motifs is 1. The molecule has 1 aromatic heterocycles. The van der Waals surface area contributed by atoms with Crippen LogP contribution in [-0.4, -0.2) is 26.4 Å². The van der Waals surface area contributed by atoms with Crippen molar-refractivity contribution in [2.75, 3.05) is 5.75 Å². The predicted octanol–water partition coefficient (Wildman–Crippen LogP) is 4.19. The maximum Gasteiger partial charge on any atom is 0.227 e. The number of amides is 1. The number of nitrogens with zero attached hydrogens (tertiary/aromatic N) is 3. The molecule has 0 aliphatic carbocycles. The molecule has 1 heterocycles. The summed E-state index contributed by atoms with van der Waals surface area (Å²) in [5.74, 6) is 1.18. The number of nitrogens with two attached hydrogens (primary N) is 1. The minimum absolute atomic E-state index is 0.132. The second-order valence-corrected chi connectivity index (χ2v) is 7.99. The van der Waals surface area contributed by atoms with E-state index in [1.54, 1.807) is 0 Å². The van der Waals surface area contributed by atoms with Crippen LogP contribution in [0.25, 0.3) is 16.5 Å². The molecule has 7 heteroatoms. The Labute approximate surface area is 179 Å². The number of rotatable bonds is 7. The molecular formula is C23H22N4O2S. The van der Waals surface area contributed by atoms with E-state index in [4.69, 9.17) is 10.5 Å². The molecule has 6 nitrogen and oxygen atoms in total. The number of carbonyl (C=O) groups is 1. The number of thioether (sulfide) groups is 1. The van der Waals surface area contributed by atoms with Gasteiger partial charge >= 0.3 is 0 Å². The van der Waals surface area contributed by atoms with Crippen LogP contribution in [0.4, 0.5) is 0 Å². The van der Waals surface area contributed by atoms with Crippen LogP contribution in [0.2, 0.25) is 0 Å². The van der Waals surface area contributed by atoms with Crippen LogP contribution in [0.15, 0.2) is 65.8 Å². The van der Waals surface area contributed by atoms with Crippen molar-refractivity contribution in [2.24, 2.45) is 5.73 Å². The van der Waals surface area contributed by atoms with E-state index in [9.17, 15) is 4.79 Å². The molecule has 3 aromatic carbocycles.